The number of hydrogen-bond donors (Lipinski definition) is 1. The fourth-order valence-corrected chi connectivity index (χ4v) is 3.58. The number of benzene rings is 2. The molecule has 1 N–H and O–H groups in total. The van der Waals surface area contributed by atoms with Crippen molar-refractivity contribution in [2.75, 3.05) is 45.3 Å². The van der Waals surface area contributed by atoms with Crippen LogP contribution in [0.25, 0.3) is 0 Å². The quantitative estimate of drug-likeness (QED) is 0.903. The monoisotopic (exact) mass is 341 g/mol. The van der Waals surface area contributed by atoms with Crippen LogP contribution in [0.1, 0.15) is 16.7 Å². The molecule has 25 heavy (non-hydrogen) atoms. The molecule has 0 saturated carbocycles. The maximum Gasteiger partial charge on any atom is 0.161 e. The Kier molecular flexibility index (Phi) is 5.49. The minimum Gasteiger partial charge on any atom is -0.493 e. The van der Waals surface area contributed by atoms with E-state index in [0.717, 1.165) is 44.2 Å². The van der Waals surface area contributed by atoms with Crippen molar-refractivity contribution in [3.63, 3.8) is 0 Å². The Labute approximate surface area is 151 Å². The molecule has 0 aromatic heterocycles. The van der Waals surface area contributed by atoms with Gasteiger partial charge < -0.3 is 19.3 Å². The van der Waals surface area contributed by atoms with Gasteiger partial charge in [-0.05, 0) is 49.2 Å². The first kappa shape index (κ1) is 17.6. The fraction of sp³-hybridized carbons (Fsp3) is 0.429. The zero-order valence-electron chi connectivity index (χ0n) is 15.8. The molecule has 4 nitrogen and oxygen atoms in total. The van der Waals surface area contributed by atoms with Crippen molar-refractivity contribution in [2.24, 2.45) is 0 Å². The van der Waals surface area contributed by atoms with Crippen molar-refractivity contribution in [3.8, 4) is 11.5 Å². The lowest BCUT2D eigenvalue weighted by Gasteiger charge is -2.34. The zero-order chi connectivity index (χ0) is 17.8. The summed E-state index contributed by atoms with van der Waals surface area (Å²) in [5, 5.41) is 0. The Bertz CT molecular complexity index is 722. The van der Waals surface area contributed by atoms with Crippen molar-refractivity contribution in [1.82, 2.24) is 0 Å². The van der Waals surface area contributed by atoms with Gasteiger partial charge in [0.05, 0.1) is 40.4 Å². The maximum absolute atomic E-state index is 5.42. The fourth-order valence-electron chi connectivity index (χ4n) is 3.58. The van der Waals surface area contributed by atoms with E-state index < -0.39 is 0 Å². The summed E-state index contributed by atoms with van der Waals surface area (Å²) in [6, 6.07) is 13.0. The first-order valence-electron chi connectivity index (χ1n) is 8.97. The lowest BCUT2D eigenvalue weighted by atomic mass is 10.1. The van der Waals surface area contributed by atoms with Crippen LogP contribution in [0.4, 0.5) is 5.69 Å². The molecule has 2 aromatic carbocycles. The Hall–Kier alpha value is -2.20. The normalized spacial score (nSPS) is 15.3. The molecule has 0 atom stereocenters. The highest BCUT2D eigenvalue weighted by atomic mass is 16.5. The van der Waals surface area contributed by atoms with E-state index in [1.165, 1.54) is 22.4 Å². The SMILES string of the molecule is COc1ccc(C[NH+]2CCN(c3cc(C)ccc3C)CC2)cc1OC. The molecule has 134 valence electrons. The number of aryl methyl sites for hydroxylation is 2. The molecule has 1 heterocycles. The van der Waals surface area contributed by atoms with Gasteiger partial charge in [0, 0.05) is 11.3 Å². The van der Waals surface area contributed by atoms with E-state index in [2.05, 4.69) is 49.1 Å². The van der Waals surface area contributed by atoms with Crippen LogP contribution in [0, 0.1) is 13.8 Å². The van der Waals surface area contributed by atoms with Gasteiger partial charge in [-0.3, -0.25) is 0 Å². The molecule has 3 rings (SSSR count). The molecule has 0 aliphatic carbocycles. The number of anilines is 1. The third kappa shape index (κ3) is 4.07. The van der Waals surface area contributed by atoms with Crippen LogP contribution < -0.4 is 19.3 Å². The molecular formula is C21H29N2O2+. The second-order valence-electron chi connectivity index (χ2n) is 6.89. The van der Waals surface area contributed by atoms with Crippen LogP contribution in [0.3, 0.4) is 0 Å². The first-order chi connectivity index (χ1) is 12.1. The second-order valence-corrected chi connectivity index (χ2v) is 6.89. The minimum atomic E-state index is 0.793. The standard InChI is InChI=1S/C21H28N2O2/c1-16-5-6-17(2)19(13-16)23-11-9-22(10-12-23)15-18-7-8-20(24-3)21(14-18)25-4/h5-8,13-14H,9-12,15H2,1-4H3/p+1. The highest BCUT2D eigenvalue weighted by molar-refractivity contribution is 5.55. The van der Waals surface area contributed by atoms with Crippen LogP contribution in [0.5, 0.6) is 11.5 Å². The highest BCUT2D eigenvalue weighted by Crippen LogP contribution is 2.27. The topological polar surface area (TPSA) is 26.1 Å². The Morgan fingerprint density at radius 2 is 1.64 bits per heavy atom. The van der Waals surface area contributed by atoms with Gasteiger partial charge in [0.25, 0.3) is 0 Å². The number of nitrogens with one attached hydrogen (secondary N) is 1. The Morgan fingerprint density at radius 1 is 0.920 bits per heavy atom. The summed E-state index contributed by atoms with van der Waals surface area (Å²) in [5.41, 5.74) is 5.40. The molecule has 0 amide bonds. The zero-order valence-corrected chi connectivity index (χ0v) is 15.8. The van der Waals surface area contributed by atoms with Gasteiger partial charge in [0.15, 0.2) is 11.5 Å². The number of ether oxygens (including phenoxy) is 2. The lowest BCUT2D eigenvalue weighted by molar-refractivity contribution is -0.914. The van der Waals surface area contributed by atoms with Crippen LogP contribution >= 0.6 is 0 Å². The molecule has 0 bridgehead atoms. The van der Waals surface area contributed by atoms with Gasteiger partial charge in [-0.1, -0.05) is 12.1 Å². The van der Waals surface area contributed by atoms with Crippen molar-refractivity contribution in [3.05, 3.63) is 53.1 Å². The maximum atomic E-state index is 5.42. The predicted octanol–water partition coefficient (Wildman–Crippen LogP) is 2.23. The summed E-state index contributed by atoms with van der Waals surface area (Å²) in [6.45, 7) is 9.92. The third-order valence-corrected chi connectivity index (χ3v) is 5.08. The molecule has 1 aliphatic heterocycles. The second kappa shape index (κ2) is 7.79. The number of methoxy groups -OCH3 is 2. The minimum absolute atomic E-state index is 0.793. The number of piperazine rings is 1. The molecule has 0 radical (unpaired) electrons. The van der Waals surface area contributed by atoms with E-state index in [1.54, 1.807) is 19.1 Å². The molecule has 1 saturated heterocycles. The van der Waals surface area contributed by atoms with E-state index in [9.17, 15) is 0 Å². The summed E-state index contributed by atoms with van der Waals surface area (Å²) in [7, 11) is 3.37. The van der Waals surface area contributed by atoms with Gasteiger partial charge in [0.1, 0.15) is 6.54 Å². The van der Waals surface area contributed by atoms with Crippen LogP contribution in [-0.4, -0.2) is 40.4 Å². The van der Waals surface area contributed by atoms with Crippen molar-refractivity contribution >= 4 is 5.69 Å². The van der Waals surface area contributed by atoms with E-state index in [0.29, 0.717) is 0 Å². The molecule has 0 spiro atoms. The van der Waals surface area contributed by atoms with Crippen molar-refractivity contribution in [1.29, 1.82) is 0 Å². The Morgan fingerprint density at radius 3 is 2.32 bits per heavy atom. The lowest BCUT2D eigenvalue weighted by Crippen LogP contribution is -3.13. The number of rotatable bonds is 5. The van der Waals surface area contributed by atoms with Gasteiger partial charge in [-0.2, -0.15) is 0 Å². The molecule has 0 unspecified atom stereocenters. The van der Waals surface area contributed by atoms with E-state index in [4.69, 9.17) is 9.47 Å². The summed E-state index contributed by atoms with van der Waals surface area (Å²) in [6.07, 6.45) is 0. The average molecular weight is 341 g/mol. The largest absolute Gasteiger partial charge is 0.493 e. The molecular weight excluding hydrogens is 312 g/mol. The van der Waals surface area contributed by atoms with Crippen LogP contribution in [-0.2, 0) is 6.54 Å². The van der Waals surface area contributed by atoms with Crippen molar-refractivity contribution < 1.29 is 14.4 Å². The van der Waals surface area contributed by atoms with Gasteiger partial charge in [0.2, 0.25) is 0 Å². The smallest absolute Gasteiger partial charge is 0.161 e. The van der Waals surface area contributed by atoms with Crippen molar-refractivity contribution in [2.45, 2.75) is 20.4 Å². The van der Waals surface area contributed by atoms with E-state index in [-0.39, 0.29) is 0 Å². The molecule has 2 aromatic rings. The number of quaternary nitrogens is 1. The average Bonchev–Trinajstić information content (AvgIpc) is 2.64. The Balaban J connectivity index is 1.62. The molecule has 4 heteroatoms. The highest BCUT2D eigenvalue weighted by Gasteiger charge is 2.21. The van der Waals surface area contributed by atoms with Gasteiger partial charge in [-0.15, -0.1) is 0 Å². The van der Waals surface area contributed by atoms with Crippen LogP contribution in [0.2, 0.25) is 0 Å². The van der Waals surface area contributed by atoms with Gasteiger partial charge in [-0.25, -0.2) is 0 Å². The third-order valence-electron chi connectivity index (χ3n) is 5.08. The summed E-state index contributed by atoms with van der Waals surface area (Å²) in [5.74, 6) is 1.61. The predicted molar refractivity (Wildman–Crippen MR) is 102 cm³/mol. The first-order valence-corrected chi connectivity index (χ1v) is 8.97. The number of hydrogen-bond acceptors (Lipinski definition) is 3. The van der Waals surface area contributed by atoms with E-state index >= 15 is 0 Å². The summed E-state index contributed by atoms with van der Waals surface area (Å²) >= 11 is 0. The number of nitrogens with zero attached hydrogens (tertiary/aromatic N) is 1. The summed E-state index contributed by atoms with van der Waals surface area (Å²) in [4.78, 5) is 4.15. The summed E-state index contributed by atoms with van der Waals surface area (Å²) < 4.78 is 10.7. The van der Waals surface area contributed by atoms with Gasteiger partial charge >= 0.3 is 0 Å². The molecule has 1 aliphatic rings. The van der Waals surface area contributed by atoms with Crippen LogP contribution in [0.15, 0.2) is 36.4 Å². The van der Waals surface area contributed by atoms with E-state index in [1.807, 2.05) is 6.07 Å². The molecule has 1 fully saturated rings.